The Kier molecular flexibility index (Phi) is 3.82. The lowest BCUT2D eigenvalue weighted by Gasteiger charge is -1.97. The van der Waals surface area contributed by atoms with E-state index in [1.807, 2.05) is 24.3 Å². The molecule has 1 heterocycles. The number of furan rings is 1. The SMILES string of the molecule is CCCCc1oc2ccccc2c1/C=C/C(=O)[O-]. The quantitative estimate of drug-likeness (QED) is 0.758. The van der Waals surface area contributed by atoms with Crippen molar-refractivity contribution < 1.29 is 14.3 Å². The summed E-state index contributed by atoms with van der Waals surface area (Å²) in [6.07, 6.45) is 5.52. The van der Waals surface area contributed by atoms with Gasteiger partial charge in [0.05, 0.1) is 5.97 Å². The summed E-state index contributed by atoms with van der Waals surface area (Å²) in [6, 6.07) is 7.64. The second-order valence-corrected chi connectivity index (χ2v) is 4.19. The highest BCUT2D eigenvalue weighted by molar-refractivity contribution is 5.92. The predicted octanol–water partition coefficient (Wildman–Crippen LogP) is 2.54. The average Bonchev–Trinajstić information content (AvgIpc) is 2.71. The van der Waals surface area contributed by atoms with E-state index < -0.39 is 5.97 Å². The van der Waals surface area contributed by atoms with Crippen molar-refractivity contribution in [3.63, 3.8) is 0 Å². The van der Waals surface area contributed by atoms with E-state index in [1.165, 1.54) is 0 Å². The number of rotatable bonds is 5. The molecule has 0 unspecified atom stereocenters. The molecular formula is C15H15O3-. The third-order valence-electron chi connectivity index (χ3n) is 2.85. The molecule has 1 aromatic carbocycles. The van der Waals surface area contributed by atoms with Gasteiger partial charge in [-0.2, -0.15) is 0 Å². The first kappa shape index (κ1) is 12.4. The maximum atomic E-state index is 10.5. The topological polar surface area (TPSA) is 53.3 Å². The van der Waals surface area contributed by atoms with Gasteiger partial charge in [-0.15, -0.1) is 0 Å². The molecule has 94 valence electrons. The minimum atomic E-state index is -1.19. The van der Waals surface area contributed by atoms with Crippen LogP contribution in [0.5, 0.6) is 0 Å². The van der Waals surface area contributed by atoms with Crippen LogP contribution < -0.4 is 5.11 Å². The highest BCUT2D eigenvalue weighted by Crippen LogP contribution is 2.28. The van der Waals surface area contributed by atoms with E-state index in [1.54, 1.807) is 6.08 Å². The average molecular weight is 243 g/mol. The Morgan fingerprint density at radius 3 is 2.89 bits per heavy atom. The van der Waals surface area contributed by atoms with Crippen LogP contribution in [-0.4, -0.2) is 5.97 Å². The van der Waals surface area contributed by atoms with Gasteiger partial charge in [-0.1, -0.05) is 31.5 Å². The molecule has 0 atom stereocenters. The maximum Gasteiger partial charge on any atom is 0.134 e. The first-order valence-electron chi connectivity index (χ1n) is 6.12. The molecule has 0 N–H and O–H groups in total. The van der Waals surface area contributed by atoms with Gasteiger partial charge in [-0.25, -0.2) is 0 Å². The third kappa shape index (κ3) is 2.62. The van der Waals surface area contributed by atoms with Crippen LogP contribution in [0, 0.1) is 0 Å². The third-order valence-corrected chi connectivity index (χ3v) is 2.85. The van der Waals surface area contributed by atoms with Gasteiger partial charge in [0.1, 0.15) is 11.3 Å². The number of carbonyl (C=O) groups excluding carboxylic acids is 1. The molecule has 0 saturated heterocycles. The minimum absolute atomic E-state index is 0.793. The van der Waals surface area contributed by atoms with Crippen LogP contribution in [0.2, 0.25) is 0 Å². The van der Waals surface area contributed by atoms with Crippen molar-refractivity contribution in [2.24, 2.45) is 0 Å². The molecular weight excluding hydrogens is 228 g/mol. The van der Waals surface area contributed by atoms with Crippen molar-refractivity contribution >= 4 is 23.0 Å². The molecule has 0 saturated carbocycles. The number of benzene rings is 1. The van der Waals surface area contributed by atoms with Gasteiger partial charge in [0.2, 0.25) is 0 Å². The number of hydrogen-bond acceptors (Lipinski definition) is 3. The van der Waals surface area contributed by atoms with E-state index in [0.717, 1.165) is 47.6 Å². The second-order valence-electron chi connectivity index (χ2n) is 4.19. The zero-order valence-corrected chi connectivity index (χ0v) is 10.3. The van der Waals surface area contributed by atoms with Crippen molar-refractivity contribution in [2.45, 2.75) is 26.2 Å². The fourth-order valence-corrected chi connectivity index (χ4v) is 1.97. The van der Waals surface area contributed by atoms with Gasteiger partial charge in [0, 0.05) is 17.4 Å². The van der Waals surface area contributed by atoms with Gasteiger partial charge in [-0.3, -0.25) is 0 Å². The van der Waals surface area contributed by atoms with Gasteiger partial charge in [-0.05, 0) is 24.6 Å². The molecule has 0 spiro atoms. The maximum absolute atomic E-state index is 10.5. The zero-order valence-electron chi connectivity index (χ0n) is 10.3. The molecule has 0 amide bonds. The number of para-hydroxylation sites is 1. The molecule has 3 nitrogen and oxygen atoms in total. The molecule has 1 aromatic heterocycles. The minimum Gasteiger partial charge on any atom is -0.545 e. The highest BCUT2D eigenvalue weighted by atomic mass is 16.4. The summed E-state index contributed by atoms with van der Waals surface area (Å²) in [5.41, 5.74) is 1.64. The van der Waals surface area contributed by atoms with Gasteiger partial charge in [0.25, 0.3) is 0 Å². The van der Waals surface area contributed by atoms with Crippen LogP contribution in [0.3, 0.4) is 0 Å². The Labute approximate surface area is 106 Å². The molecule has 0 aliphatic rings. The van der Waals surface area contributed by atoms with Crippen LogP contribution in [-0.2, 0) is 11.2 Å². The Morgan fingerprint density at radius 1 is 1.39 bits per heavy atom. The zero-order chi connectivity index (χ0) is 13.0. The summed E-state index contributed by atoms with van der Waals surface area (Å²) in [6.45, 7) is 2.11. The summed E-state index contributed by atoms with van der Waals surface area (Å²) in [7, 11) is 0. The number of hydrogen-bond donors (Lipinski definition) is 0. The number of fused-ring (bicyclic) bond motifs is 1. The highest BCUT2D eigenvalue weighted by Gasteiger charge is 2.10. The fourth-order valence-electron chi connectivity index (χ4n) is 1.97. The first-order chi connectivity index (χ1) is 8.72. The summed E-state index contributed by atoms with van der Waals surface area (Å²) in [5, 5.41) is 11.5. The summed E-state index contributed by atoms with van der Waals surface area (Å²) < 4.78 is 5.77. The molecule has 0 aliphatic heterocycles. The van der Waals surface area contributed by atoms with E-state index in [4.69, 9.17) is 4.42 Å². The summed E-state index contributed by atoms with van der Waals surface area (Å²) >= 11 is 0. The van der Waals surface area contributed by atoms with E-state index >= 15 is 0 Å². The van der Waals surface area contributed by atoms with Crippen molar-refractivity contribution in [1.29, 1.82) is 0 Å². The standard InChI is InChI=1S/C15H16O3/c1-2-3-7-13-12(9-10-15(16)17)11-6-4-5-8-14(11)18-13/h4-6,8-10H,2-3,7H2,1H3,(H,16,17)/p-1/b10-9+. The lowest BCUT2D eigenvalue weighted by molar-refractivity contribution is -0.297. The first-order valence-corrected chi connectivity index (χ1v) is 6.12. The van der Waals surface area contributed by atoms with Crippen LogP contribution >= 0.6 is 0 Å². The normalized spacial score (nSPS) is 11.4. The van der Waals surface area contributed by atoms with Crippen molar-refractivity contribution in [2.75, 3.05) is 0 Å². The molecule has 18 heavy (non-hydrogen) atoms. The van der Waals surface area contributed by atoms with Crippen molar-refractivity contribution in [1.82, 2.24) is 0 Å². The number of aryl methyl sites for hydroxylation is 1. The van der Waals surface area contributed by atoms with E-state index in [0.29, 0.717) is 0 Å². The molecule has 2 aromatic rings. The van der Waals surface area contributed by atoms with Crippen molar-refractivity contribution in [3.05, 3.63) is 41.7 Å². The Hall–Kier alpha value is -2.03. The lowest BCUT2D eigenvalue weighted by Crippen LogP contribution is -2.18. The molecule has 2 rings (SSSR count). The van der Waals surface area contributed by atoms with Crippen LogP contribution in [0.4, 0.5) is 0 Å². The van der Waals surface area contributed by atoms with E-state index in [9.17, 15) is 9.90 Å². The van der Waals surface area contributed by atoms with Crippen molar-refractivity contribution in [3.8, 4) is 0 Å². The molecule has 0 radical (unpaired) electrons. The lowest BCUT2D eigenvalue weighted by atomic mass is 10.1. The number of carboxylic acid groups (broad SMARTS) is 1. The molecule has 0 fully saturated rings. The number of unbranched alkanes of at least 4 members (excludes halogenated alkanes) is 1. The summed E-state index contributed by atoms with van der Waals surface area (Å²) in [5.74, 6) is -0.350. The van der Waals surface area contributed by atoms with Gasteiger partial charge < -0.3 is 14.3 Å². The Bertz CT molecular complexity index is 578. The number of carboxylic acids is 1. The van der Waals surface area contributed by atoms with Crippen LogP contribution in [0.15, 0.2) is 34.8 Å². The molecule has 0 bridgehead atoms. The van der Waals surface area contributed by atoms with E-state index in [2.05, 4.69) is 6.92 Å². The molecule has 0 aliphatic carbocycles. The molecule has 3 heteroatoms. The largest absolute Gasteiger partial charge is 0.545 e. The van der Waals surface area contributed by atoms with Crippen LogP contribution in [0.1, 0.15) is 31.1 Å². The Balaban J connectivity index is 2.47. The van der Waals surface area contributed by atoms with E-state index in [-0.39, 0.29) is 0 Å². The predicted molar refractivity (Wildman–Crippen MR) is 68.9 cm³/mol. The van der Waals surface area contributed by atoms with Gasteiger partial charge >= 0.3 is 0 Å². The Morgan fingerprint density at radius 2 is 2.17 bits per heavy atom. The second kappa shape index (κ2) is 5.54. The van der Waals surface area contributed by atoms with Crippen LogP contribution in [0.25, 0.3) is 17.0 Å². The smallest absolute Gasteiger partial charge is 0.134 e. The number of carbonyl (C=O) groups is 1. The summed E-state index contributed by atoms with van der Waals surface area (Å²) in [4.78, 5) is 10.5. The van der Waals surface area contributed by atoms with Gasteiger partial charge in [0.15, 0.2) is 0 Å². The monoisotopic (exact) mass is 243 g/mol. The fraction of sp³-hybridized carbons (Fsp3) is 0.267. The number of aliphatic carboxylic acids is 1.